The number of carbonyl (C=O) groups is 2. The number of carboxylic acid groups (broad SMARTS) is 1. The van der Waals surface area contributed by atoms with Crippen molar-refractivity contribution in [2.24, 2.45) is 7.05 Å². The number of rotatable bonds is 5. The summed E-state index contributed by atoms with van der Waals surface area (Å²) in [4.78, 5) is 30.4. The van der Waals surface area contributed by atoms with Crippen LogP contribution in [0.25, 0.3) is 21.6 Å². The van der Waals surface area contributed by atoms with E-state index in [9.17, 15) is 14.7 Å². The molecule has 0 bridgehead atoms. The van der Waals surface area contributed by atoms with Gasteiger partial charge in [-0.2, -0.15) is 5.10 Å². The summed E-state index contributed by atoms with van der Waals surface area (Å²) >= 11 is 1.56. The van der Waals surface area contributed by atoms with Crippen molar-refractivity contribution in [3.05, 3.63) is 34.8 Å². The van der Waals surface area contributed by atoms with Gasteiger partial charge in [-0.15, -0.1) is 11.3 Å². The molecule has 1 aliphatic carbocycles. The van der Waals surface area contributed by atoms with Gasteiger partial charge in [0, 0.05) is 7.05 Å². The summed E-state index contributed by atoms with van der Waals surface area (Å²) in [6.07, 6.45) is 3.15. The molecule has 0 aromatic carbocycles. The standard InChI is InChI=1S/C20H22N4O3S/c1-12-17-13(19(27)22-20(11-16(25)26)7-3-4-8-20)10-14(15-6-5-9-28-15)21-18(17)24(2)23-12/h5-6,9-10H,3-4,7-8,11H2,1-2H3,(H,22,27)(H,25,26). The molecule has 28 heavy (non-hydrogen) atoms. The summed E-state index contributed by atoms with van der Waals surface area (Å²) in [7, 11) is 1.81. The second-order valence-corrected chi connectivity index (χ2v) is 8.40. The molecule has 3 aromatic rings. The monoisotopic (exact) mass is 398 g/mol. The number of aryl methyl sites for hydroxylation is 2. The molecule has 0 radical (unpaired) electrons. The van der Waals surface area contributed by atoms with E-state index in [1.54, 1.807) is 22.1 Å². The number of nitrogens with one attached hydrogen (secondary N) is 1. The van der Waals surface area contributed by atoms with Crippen molar-refractivity contribution in [1.82, 2.24) is 20.1 Å². The topological polar surface area (TPSA) is 97.1 Å². The third-order valence-corrected chi connectivity index (χ3v) is 6.31. The zero-order chi connectivity index (χ0) is 19.9. The molecule has 4 rings (SSSR count). The van der Waals surface area contributed by atoms with Crippen molar-refractivity contribution in [2.45, 2.75) is 44.6 Å². The van der Waals surface area contributed by atoms with E-state index in [0.717, 1.165) is 23.4 Å². The number of pyridine rings is 1. The maximum Gasteiger partial charge on any atom is 0.305 e. The van der Waals surface area contributed by atoms with Gasteiger partial charge in [0.1, 0.15) is 0 Å². The number of nitrogens with zero attached hydrogens (tertiary/aromatic N) is 3. The van der Waals surface area contributed by atoms with Crippen LogP contribution in [-0.2, 0) is 11.8 Å². The van der Waals surface area contributed by atoms with E-state index >= 15 is 0 Å². The van der Waals surface area contributed by atoms with Crippen LogP contribution in [0.2, 0.25) is 0 Å². The van der Waals surface area contributed by atoms with Crippen molar-refractivity contribution >= 4 is 34.2 Å². The molecule has 1 aliphatic rings. The van der Waals surface area contributed by atoms with Gasteiger partial charge in [0.2, 0.25) is 0 Å². The minimum absolute atomic E-state index is 0.0588. The Hall–Kier alpha value is -2.74. The van der Waals surface area contributed by atoms with Gasteiger partial charge in [-0.1, -0.05) is 18.9 Å². The summed E-state index contributed by atoms with van der Waals surface area (Å²) in [5.74, 6) is -1.15. The predicted molar refractivity (Wildman–Crippen MR) is 107 cm³/mol. The number of thiophene rings is 1. The molecule has 0 aliphatic heterocycles. The molecular weight excluding hydrogens is 376 g/mol. The van der Waals surface area contributed by atoms with Crippen LogP contribution in [0.1, 0.15) is 48.2 Å². The van der Waals surface area contributed by atoms with Crippen molar-refractivity contribution < 1.29 is 14.7 Å². The molecule has 0 spiro atoms. The Labute approximate surface area is 166 Å². The molecule has 0 unspecified atom stereocenters. The van der Waals surface area contributed by atoms with E-state index in [1.165, 1.54) is 0 Å². The Bertz CT molecular complexity index is 1050. The third-order valence-electron chi connectivity index (χ3n) is 5.42. The van der Waals surface area contributed by atoms with Crippen LogP contribution < -0.4 is 5.32 Å². The number of amides is 1. The van der Waals surface area contributed by atoms with E-state index < -0.39 is 11.5 Å². The molecule has 0 saturated heterocycles. The van der Waals surface area contributed by atoms with Gasteiger partial charge >= 0.3 is 5.97 Å². The second kappa shape index (κ2) is 7.01. The molecule has 146 valence electrons. The van der Waals surface area contributed by atoms with Crippen LogP contribution in [0.15, 0.2) is 23.6 Å². The maximum absolute atomic E-state index is 13.3. The van der Waals surface area contributed by atoms with E-state index in [2.05, 4.69) is 10.4 Å². The van der Waals surface area contributed by atoms with Crippen LogP contribution >= 0.6 is 11.3 Å². The van der Waals surface area contributed by atoms with E-state index in [-0.39, 0.29) is 12.3 Å². The molecule has 0 atom stereocenters. The molecule has 2 N–H and O–H groups in total. The molecule has 1 fully saturated rings. The first-order chi connectivity index (χ1) is 13.4. The number of aromatic nitrogens is 3. The smallest absolute Gasteiger partial charge is 0.305 e. The zero-order valence-electron chi connectivity index (χ0n) is 15.9. The third kappa shape index (κ3) is 3.28. The first kappa shape index (κ1) is 18.6. The maximum atomic E-state index is 13.3. The Kier molecular flexibility index (Phi) is 4.66. The first-order valence-electron chi connectivity index (χ1n) is 9.31. The van der Waals surface area contributed by atoms with Crippen LogP contribution in [0.4, 0.5) is 0 Å². The highest BCUT2D eigenvalue weighted by Gasteiger charge is 2.38. The van der Waals surface area contributed by atoms with Gasteiger partial charge in [0.25, 0.3) is 5.91 Å². The number of aliphatic carboxylic acids is 1. The van der Waals surface area contributed by atoms with Crippen molar-refractivity contribution in [3.63, 3.8) is 0 Å². The van der Waals surface area contributed by atoms with Crippen LogP contribution in [-0.4, -0.2) is 37.3 Å². The highest BCUT2D eigenvalue weighted by atomic mass is 32.1. The van der Waals surface area contributed by atoms with E-state index in [1.807, 2.05) is 31.5 Å². The molecule has 1 amide bonds. The van der Waals surface area contributed by atoms with Gasteiger partial charge in [0.05, 0.1) is 39.2 Å². The molecule has 1 saturated carbocycles. The fraction of sp³-hybridized carbons (Fsp3) is 0.400. The average molecular weight is 398 g/mol. The van der Waals surface area contributed by atoms with Crippen molar-refractivity contribution in [1.29, 1.82) is 0 Å². The lowest BCUT2D eigenvalue weighted by molar-refractivity contribution is -0.138. The summed E-state index contributed by atoms with van der Waals surface area (Å²) in [6.45, 7) is 1.86. The molecule has 7 nitrogen and oxygen atoms in total. The van der Waals surface area contributed by atoms with Gasteiger partial charge in [-0.05, 0) is 37.3 Å². The minimum atomic E-state index is -0.890. The minimum Gasteiger partial charge on any atom is -0.481 e. The number of hydrogen-bond donors (Lipinski definition) is 2. The Morgan fingerprint density at radius 3 is 2.75 bits per heavy atom. The highest BCUT2D eigenvalue weighted by molar-refractivity contribution is 7.13. The first-order valence-corrected chi connectivity index (χ1v) is 10.2. The zero-order valence-corrected chi connectivity index (χ0v) is 16.7. The van der Waals surface area contributed by atoms with Crippen LogP contribution in [0.3, 0.4) is 0 Å². The van der Waals surface area contributed by atoms with Gasteiger partial charge in [-0.3, -0.25) is 14.3 Å². The normalized spacial score (nSPS) is 15.8. The molecule has 3 aromatic heterocycles. The van der Waals surface area contributed by atoms with E-state index in [4.69, 9.17) is 4.98 Å². The quantitative estimate of drug-likeness (QED) is 0.685. The van der Waals surface area contributed by atoms with Crippen molar-refractivity contribution in [3.8, 4) is 10.6 Å². The van der Waals surface area contributed by atoms with Gasteiger partial charge in [-0.25, -0.2) is 4.98 Å². The number of carbonyl (C=O) groups excluding carboxylic acids is 1. The van der Waals surface area contributed by atoms with E-state index in [0.29, 0.717) is 35.1 Å². The highest BCUT2D eigenvalue weighted by Crippen LogP contribution is 2.34. The van der Waals surface area contributed by atoms with Crippen molar-refractivity contribution in [2.75, 3.05) is 0 Å². The lowest BCUT2D eigenvalue weighted by Gasteiger charge is -2.29. The Morgan fingerprint density at radius 1 is 1.36 bits per heavy atom. The molecule has 3 heterocycles. The number of carboxylic acids is 1. The SMILES string of the molecule is Cc1nn(C)c2nc(-c3cccs3)cc(C(=O)NC3(CC(=O)O)CCCC3)c12. The summed E-state index contributed by atoms with van der Waals surface area (Å²) in [6, 6.07) is 5.70. The van der Waals surface area contributed by atoms with Crippen LogP contribution in [0.5, 0.6) is 0 Å². The largest absolute Gasteiger partial charge is 0.481 e. The fourth-order valence-electron chi connectivity index (χ4n) is 4.17. The number of fused-ring (bicyclic) bond motifs is 1. The number of hydrogen-bond acceptors (Lipinski definition) is 5. The summed E-state index contributed by atoms with van der Waals surface area (Å²) in [5.41, 5.74) is 1.90. The second-order valence-electron chi connectivity index (χ2n) is 7.45. The Balaban J connectivity index is 1.80. The fourth-order valence-corrected chi connectivity index (χ4v) is 4.86. The van der Waals surface area contributed by atoms with Gasteiger partial charge < -0.3 is 10.4 Å². The molecule has 8 heteroatoms. The van der Waals surface area contributed by atoms with Gasteiger partial charge in [0.15, 0.2) is 5.65 Å². The lowest BCUT2D eigenvalue weighted by atomic mass is 9.92. The predicted octanol–water partition coefficient (Wildman–Crippen LogP) is 3.52. The average Bonchev–Trinajstić information content (AvgIpc) is 3.36. The van der Waals surface area contributed by atoms with Crippen LogP contribution in [0, 0.1) is 6.92 Å². The molecular formula is C20H22N4O3S. The lowest BCUT2D eigenvalue weighted by Crippen LogP contribution is -2.47. The Morgan fingerprint density at radius 2 is 2.11 bits per heavy atom. The summed E-state index contributed by atoms with van der Waals surface area (Å²) in [5, 5.41) is 19.5. The summed E-state index contributed by atoms with van der Waals surface area (Å²) < 4.78 is 1.68.